The van der Waals surface area contributed by atoms with Crippen molar-refractivity contribution in [3.8, 4) is 12.3 Å². The van der Waals surface area contributed by atoms with Crippen LogP contribution in [-0.4, -0.2) is 11.2 Å². The average Bonchev–Trinajstić information content (AvgIpc) is 1.82. The summed E-state index contributed by atoms with van der Waals surface area (Å²) in [5, 5.41) is 9.56. The van der Waals surface area contributed by atoms with E-state index in [1.807, 2.05) is 0 Å². The highest BCUT2D eigenvalue weighted by Crippen LogP contribution is 2.43. The standard InChI is InChI=1S/C11H18O/c1-5-10-8(2)6-9(12)7-11(10,3)4/h1,8-10,12H,6-7H2,2-4H3/t8?,9-,10?/m1/s1. The Bertz CT molecular complexity index is 200. The van der Waals surface area contributed by atoms with Crippen LogP contribution in [-0.2, 0) is 0 Å². The van der Waals surface area contributed by atoms with Crippen LogP contribution in [0, 0.1) is 29.6 Å². The summed E-state index contributed by atoms with van der Waals surface area (Å²) in [5.41, 5.74) is 0.103. The second kappa shape index (κ2) is 3.11. The summed E-state index contributed by atoms with van der Waals surface area (Å²) in [4.78, 5) is 0. The Labute approximate surface area is 75.2 Å². The molecule has 0 saturated heterocycles. The number of hydrogen-bond acceptors (Lipinski definition) is 1. The van der Waals surface area contributed by atoms with E-state index in [4.69, 9.17) is 6.42 Å². The Hall–Kier alpha value is -0.480. The summed E-state index contributed by atoms with van der Waals surface area (Å²) in [5.74, 6) is 3.63. The second-order valence-electron chi connectivity index (χ2n) is 4.70. The summed E-state index contributed by atoms with van der Waals surface area (Å²) < 4.78 is 0. The maximum absolute atomic E-state index is 9.56. The van der Waals surface area contributed by atoms with Crippen LogP contribution in [0.3, 0.4) is 0 Å². The van der Waals surface area contributed by atoms with Crippen molar-refractivity contribution in [1.82, 2.24) is 0 Å². The van der Waals surface area contributed by atoms with Gasteiger partial charge in [-0.25, -0.2) is 0 Å². The van der Waals surface area contributed by atoms with E-state index in [2.05, 4.69) is 26.7 Å². The normalized spacial score (nSPS) is 40.4. The van der Waals surface area contributed by atoms with Crippen LogP contribution in [0.4, 0.5) is 0 Å². The molecule has 0 aromatic heterocycles. The van der Waals surface area contributed by atoms with Gasteiger partial charge in [-0.3, -0.25) is 0 Å². The van der Waals surface area contributed by atoms with Gasteiger partial charge in [-0.05, 0) is 24.2 Å². The first-order valence-corrected chi connectivity index (χ1v) is 4.61. The van der Waals surface area contributed by atoms with Crippen molar-refractivity contribution in [1.29, 1.82) is 0 Å². The summed E-state index contributed by atoms with van der Waals surface area (Å²) in [7, 11) is 0. The minimum atomic E-state index is -0.153. The molecule has 0 aromatic carbocycles. The zero-order chi connectivity index (χ0) is 9.35. The van der Waals surface area contributed by atoms with E-state index in [1.54, 1.807) is 0 Å². The first-order chi connectivity index (χ1) is 5.47. The lowest BCUT2D eigenvalue weighted by Gasteiger charge is -2.42. The van der Waals surface area contributed by atoms with Crippen molar-refractivity contribution >= 4 is 0 Å². The van der Waals surface area contributed by atoms with Crippen LogP contribution in [0.15, 0.2) is 0 Å². The molecule has 0 bridgehead atoms. The Kier molecular flexibility index (Phi) is 2.49. The van der Waals surface area contributed by atoms with E-state index in [-0.39, 0.29) is 11.5 Å². The van der Waals surface area contributed by atoms with Gasteiger partial charge in [0.05, 0.1) is 6.10 Å². The number of aliphatic hydroxyl groups excluding tert-OH is 1. The molecule has 0 aliphatic heterocycles. The van der Waals surface area contributed by atoms with Crippen LogP contribution in [0.25, 0.3) is 0 Å². The Balaban J connectivity index is 2.79. The van der Waals surface area contributed by atoms with Crippen LogP contribution < -0.4 is 0 Å². The Morgan fingerprint density at radius 1 is 1.50 bits per heavy atom. The summed E-state index contributed by atoms with van der Waals surface area (Å²) in [6, 6.07) is 0. The highest BCUT2D eigenvalue weighted by Gasteiger charge is 2.39. The van der Waals surface area contributed by atoms with E-state index in [1.165, 1.54) is 0 Å². The fraction of sp³-hybridized carbons (Fsp3) is 0.818. The molecule has 1 heteroatoms. The molecule has 1 fully saturated rings. The summed E-state index contributed by atoms with van der Waals surface area (Å²) in [6.45, 7) is 6.43. The van der Waals surface area contributed by atoms with Crippen LogP contribution >= 0.6 is 0 Å². The van der Waals surface area contributed by atoms with Crippen LogP contribution in [0.2, 0.25) is 0 Å². The van der Waals surface area contributed by atoms with E-state index in [0.29, 0.717) is 11.8 Å². The van der Waals surface area contributed by atoms with Crippen molar-refractivity contribution in [3.05, 3.63) is 0 Å². The third-order valence-corrected chi connectivity index (χ3v) is 3.00. The molecule has 1 aliphatic carbocycles. The highest BCUT2D eigenvalue weighted by molar-refractivity contribution is 5.05. The first-order valence-electron chi connectivity index (χ1n) is 4.61. The fourth-order valence-corrected chi connectivity index (χ4v) is 2.54. The zero-order valence-electron chi connectivity index (χ0n) is 8.17. The van der Waals surface area contributed by atoms with Crippen LogP contribution in [0.1, 0.15) is 33.6 Å². The molecule has 1 saturated carbocycles. The van der Waals surface area contributed by atoms with Gasteiger partial charge in [-0.15, -0.1) is 12.3 Å². The topological polar surface area (TPSA) is 20.2 Å². The number of terminal acetylenes is 1. The Morgan fingerprint density at radius 3 is 2.50 bits per heavy atom. The van der Waals surface area contributed by atoms with E-state index in [0.717, 1.165) is 12.8 Å². The molecule has 0 radical (unpaired) electrons. The maximum atomic E-state index is 9.56. The molecule has 1 rings (SSSR count). The van der Waals surface area contributed by atoms with Gasteiger partial charge in [-0.1, -0.05) is 20.8 Å². The molecular formula is C11H18O. The lowest BCUT2D eigenvalue weighted by Crippen LogP contribution is -2.39. The summed E-state index contributed by atoms with van der Waals surface area (Å²) >= 11 is 0. The average molecular weight is 166 g/mol. The fourth-order valence-electron chi connectivity index (χ4n) is 2.54. The lowest BCUT2D eigenvalue weighted by molar-refractivity contribution is 0.0114. The monoisotopic (exact) mass is 166 g/mol. The largest absolute Gasteiger partial charge is 0.393 e. The third-order valence-electron chi connectivity index (χ3n) is 3.00. The molecule has 0 spiro atoms. The minimum absolute atomic E-state index is 0.103. The van der Waals surface area contributed by atoms with Crippen molar-refractivity contribution in [2.75, 3.05) is 0 Å². The second-order valence-corrected chi connectivity index (χ2v) is 4.70. The van der Waals surface area contributed by atoms with Gasteiger partial charge in [-0.2, -0.15) is 0 Å². The molecule has 1 aliphatic rings. The number of hydrogen-bond donors (Lipinski definition) is 1. The van der Waals surface area contributed by atoms with E-state index >= 15 is 0 Å². The number of rotatable bonds is 0. The molecule has 0 aromatic rings. The molecule has 3 atom stereocenters. The lowest BCUT2D eigenvalue weighted by atomic mass is 9.64. The molecule has 1 nitrogen and oxygen atoms in total. The minimum Gasteiger partial charge on any atom is -0.393 e. The van der Waals surface area contributed by atoms with Gasteiger partial charge in [0.15, 0.2) is 0 Å². The van der Waals surface area contributed by atoms with E-state index in [9.17, 15) is 5.11 Å². The summed E-state index contributed by atoms with van der Waals surface area (Å²) in [6.07, 6.45) is 7.03. The van der Waals surface area contributed by atoms with Crippen molar-refractivity contribution in [2.45, 2.75) is 39.7 Å². The zero-order valence-corrected chi connectivity index (χ0v) is 8.17. The maximum Gasteiger partial charge on any atom is 0.0548 e. The number of aliphatic hydroxyl groups is 1. The van der Waals surface area contributed by atoms with Gasteiger partial charge in [0, 0.05) is 5.92 Å². The smallest absolute Gasteiger partial charge is 0.0548 e. The SMILES string of the molecule is C#CC1C(C)C[C@@H](O)CC1(C)C. The molecule has 1 N–H and O–H groups in total. The van der Waals surface area contributed by atoms with Gasteiger partial charge >= 0.3 is 0 Å². The highest BCUT2D eigenvalue weighted by atomic mass is 16.3. The molecular weight excluding hydrogens is 148 g/mol. The molecule has 12 heavy (non-hydrogen) atoms. The first kappa shape index (κ1) is 9.61. The van der Waals surface area contributed by atoms with Gasteiger partial charge in [0.1, 0.15) is 0 Å². The van der Waals surface area contributed by atoms with E-state index < -0.39 is 0 Å². The quantitative estimate of drug-likeness (QED) is 0.546. The molecule has 0 heterocycles. The molecule has 2 unspecified atom stereocenters. The van der Waals surface area contributed by atoms with Crippen molar-refractivity contribution in [2.24, 2.45) is 17.3 Å². The van der Waals surface area contributed by atoms with Crippen LogP contribution in [0.5, 0.6) is 0 Å². The molecule has 0 amide bonds. The Morgan fingerprint density at radius 2 is 2.08 bits per heavy atom. The van der Waals surface area contributed by atoms with Gasteiger partial charge in [0.2, 0.25) is 0 Å². The van der Waals surface area contributed by atoms with Crippen molar-refractivity contribution in [3.63, 3.8) is 0 Å². The van der Waals surface area contributed by atoms with Crippen molar-refractivity contribution < 1.29 is 5.11 Å². The predicted octanol–water partition coefficient (Wildman–Crippen LogP) is 2.05. The molecule has 68 valence electrons. The third kappa shape index (κ3) is 1.64. The predicted molar refractivity (Wildman–Crippen MR) is 50.5 cm³/mol. The van der Waals surface area contributed by atoms with Gasteiger partial charge < -0.3 is 5.11 Å². The van der Waals surface area contributed by atoms with Gasteiger partial charge in [0.25, 0.3) is 0 Å².